The SMILES string of the molecule is CCCCCCCCCCCCCCC[CH2][Na].O=C(O)c1ccccc1. The summed E-state index contributed by atoms with van der Waals surface area (Å²) >= 11 is 1.41. The van der Waals surface area contributed by atoms with Gasteiger partial charge < -0.3 is 5.11 Å². The third-order valence-electron chi connectivity index (χ3n) is 4.73. The fourth-order valence-corrected chi connectivity index (χ4v) is 3.53. The zero-order chi connectivity index (χ0) is 19.3. The van der Waals surface area contributed by atoms with Crippen LogP contribution >= 0.6 is 0 Å². The van der Waals surface area contributed by atoms with Crippen LogP contribution in [0.4, 0.5) is 0 Å². The largest absolute Gasteiger partial charge is 0.478 e. The Bertz CT molecular complexity index is 392. The maximum absolute atomic E-state index is 10.2. The monoisotopic (exact) mass is 370 g/mol. The minimum atomic E-state index is -0.879. The van der Waals surface area contributed by atoms with E-state index in [2.05, 4.69) is 6.92 Å². The van der Waals surface area contributed by atoms with E-state index in [-0.39, 0.29) is 0 Å². The zero-order valence-corrected chi connectivity index (χ0v) is 19.3. The summed E-state index contributed by atoms with van der Waals surface area (Å²) in [5.74, 6) is -0.879. The van der Waals surface area contributed by atoms with Crippen molar-refractivity contribution in [1.82, 2.24) is 0 Å². The molecule has 0 unspecified atom stereocenters. The van der Waals surface area contributed by atoms with Crippen LogP contribution in [-0.4, -0.2) is 39.0 Å². The maximum atomic E-state index is 10.2. The standard InChI is InChI=1S/C16H33.C7H6O2.Na/c1-3-5-7-9-11-13-15-16-14-12-10-8-6-4-2;8-7(9)6-4-2-1-3-5-6;/h1,3-16H2,2H3;1-5H,(H,8,9);. The molecule has 0 bridgehead atoms. The van der Waals surface area contributed by atoms with Crippen molar-refractivity contribution in [2.75, 3.05) is 0 Å². The summed E-state index contributed by atoms with van der Waals surface area (Å²) in [6.45, 7) is 2.29. The molecule has 0 amide bonds. The summed E-state index contributed by atoms with van der Waals surface area (Å²) in [6.07, 6.45) is 20.7. The molecule has 144 valence electrons. The molecule has 0 saturated carbocycles. The minimum Gasteiger partial charge on any atom is -0.478 e. The van der Waals surface area contributed by atoms with E-state index in [1.54, 1.807) is 30.3 Å². The van der Waals surface area contributed by atoms with Crippen molar-refractivity contribution in [3.63, 3.8) is 0 Å². The first kappa shape index (κ1) is 25.7. The molecular weight excluding hydrogens is 331 g/mol. The third-order valence-corrected chi connectivity index (χ3v) is 5.43. The Hall–Kier alpha value is -0.310. The summed E-state index contributed by atoms with van der Waals surface area (Å²) in [5.41, 5.74) is 0.331. The van der Waals surface area contributed by atoms with Gasteiger partial charge in [-0.1, -0.05) is 44.4 Å². The van der Waals surface area contributed by atoms with Crippen LogP contribution in [0.2, 0.25) is 3.67 Å². The molecule has 1 aromatic rings. The van der Waals surface area contributed by atoms with Gasteiger partial charge >= 0.3 is 108 Å². The Morgan fingerprint density at radius 3 is 1.42 bits per heavy atom. The molecule has 0 spiro atoms. The second kappa shape index (κ2) is 21.0. The number of carbonyl (C=O) groups is 1. The van der Waals surface area contributed by atoms with Crippen molar-refractivity contribution >= 4 is 33.9 Å². The first-order valence-corrected chi connectivity index (χ1v) is 12.4. The Morgan fingerprint density at radius 2 is 1.12 bits per heavy atom. The molecule has 0 fully saturated rings. The predicted octanol–water partition coefficient (Wildman–Crippen LogP) is 7.44. The van der Waals surface area contributed by atoms with E-state index in [1.165, 1.54) is 121 Å². The molecule has 0 atom stereocenters. The Kier molecular flexibility index (Phi) is 20.7. The van der Waals surface area contributed by atoms with E-state index in [1.807, 2.05) is 0 Å². The van der Waals surface area contributed by atoms with Crippen LogP contribution in [-0.2, 0) is 0 Å². The molecule has 0 aliphatic rings. The van der Waals surface area contributed by atoms with Crippen LogP contribution in [0, 0.1) is 0 Å². The predicted molar refractivity (Wildman–Crippen MR) is 114 cm³/mol. The number of hydrogen-bond donors (Lipinski definition) is 1. The van der Waals surface area contributed by atoms with Crippen molar-refractivity contribution < 1.29 is 9.90 Å². The molecule has 0 aliphatic heterocycles. The molecule has 0 radical (unpaired) electrons. The van der Waals surface area contributed by atoms with E-state index >= 15 is 0 Å². The fourth-order valence-electron chi connectivity index (χ4n) is 3.03. The van der Waals surface area contributed by atoms with Crippen LogP contribution in [0.5, 0.6) is 0 Å². The number of hydrogen-bond acceptors (Lipinski definition) is 1. The van der Waals surface area contributed by atoms with E-state index in [4.69, 9.17) is 5.11 Å². The van der Waals surface area contributed by atoms with Gasteiger partial charge in [0.1, 0.15) is 0 Å². The topological polar surface area (TPSA) is 37.3 Å². The van der Waals surface area contributed by atoms with Crippen LogP contribution in [0.25, 0.3) is 0 Å². The van der Waals surface area contributed by atoms with Crippen LogP contribution in [0.1, 0.15) is 107 Å². The van der Waals surface area contributed by atoms with Crippen molar-refractivity contribution in [3.05, 3.63) is 35.9 Å². The molecule has 26 heavy (non-hydrogen) atoms. The van der Waals surface area contributed by atoms with Gasteiger partial charge in [0, 0.05) is 0 Å². The maximum Gasteiger partial charge on any atom is 0.335 e. The molecule has 1 aromatic carbocycles. The Morgan fingerprint density at radius 1 is 0.731 bits per heavy atom. The van der Waals surface area contributed by atoms with Crippen LogP contribution < -0.4 is 0 Å². The van der Waals surface area contributed by atoms with Gasteiger partial charge in [-0.15, -0.1) is 0 Å². The van der Waals surface area contributed by atoms with Crippen molar-refractivity contribution in [1.29, 1.82) is 0 Å². The zero-order valence-electron chi connectivity index (χ0n) is 17.3. The van der Waals surface area contributed by atoms with Gasteiger partial charge in [0.15, 0.2) is 0 Å². The van der Waals surface area contributed by atoms with Gasteiger partial charge in [-0.05, 0) is 12.1 Å². The first-order valence-electron chi connectivity index (χ1n) is 11.0. The number of benzene rings is 1. The van der Waals surface area contributed by atoms with Crippen molar-refractivity contribution in [3.8, 4) is 0 Å². The summed E-state index contributed by atoms with van der Waals surface area (Å²) in [4.78, 5) is 10.2. The van der Waals surface area contributed by atoms with E-state index in [0.717, 1.165) is 0 Å². The molecule has 2 nitrogen and oxygen atoms in total. The van der Waals surface area contributed by atoms with Crippen molar-refractivity contribution in [2.24, 2.45) is 0 Å². The molecule has 3 heteroatoms. The van der Waals surface area contributed by atoms with E-state index in [9.17, 15) is 4.79 Å². The van der Waals surface area contributed by atoms with Gasteiger partial charge in [-0.3, -0.25) is 0 Å². The Labute approximate surface area is 179 Å². The molecule has 0 heterocycles. The molecule has 1 N–H and O–H groups in total. The van der Waals surface area contributed by atoms with Gasteiger partial charge in [0.05, 0.1) is 5.56 Å². The summed E-state index contributed by atoms with van der Waals surface area (Å²) in [6, 6.07) is 8.30. The summed E-state index contributed by atoms with van der Waals surface area (Å²) < 4.78 is 1.51. The number of unbranched alkanes of at least 4 members (excludes halogenated alkanes) is 13. The quantitative estimate of drug-likeness (QED) is 0.257. The Balaban J connectivity index is 0.000000577. The van der Waals surface area contributed by atoms with Crippen LogP contribution in [0.3, 0.4) is 0 Å². The van der Waals surface area contributed by atoms with E-state index in [0.29, 0.717) is 5.56 Å². The van der Waals surface area contributed by atoms with E-state index < -0.39 is 5.97 Å². The second-order valence-corrected chi connectivity index (χ2v) is 8.27. The average molecular weight is 371 g/mol. The molecule has 0 saturated heterocycles. The van der Waals surface area contributed by atoms with Crippen LogP contribution in [0.15, 0.2) is 30.3 Å². The smallest absolute Gasteiger partial charge is 0.335 e. The average Bonchev–Trinajstić information content (AvgIpc) is 2.67. The number of carboxylic acids is 1. The minimum absolute atomic E-state index is 0.331. The molecule has 1 rings (SSSR count). The fraction of sp³-hybridized carbons (Fsp3) is 0.696. The third kappa shape index (κ3) is 18.5. The van der Waals surface area contributed by atoms with Crippen molar-refractivity contribution in [2.45, 2.75) is 100 Å². The van der Waals surface area contributed by atoms with Gasteiger partial charge in [-0.25, -0.2) is 4.79 Å². The summed E-state index contributed by atoms with van der Waals surface area (Å²) in [7, 11) is 0. The van der Waals surface area contributed by atoms with Gasteiger partial charge in [-0.2, -0.15) is 0 Å². The number of rotatable bonds is 15. The second-order valence-electron chi connectivity index (χ2n) is 7.27. The number of aromatic carboxylic acids is 1. The molecule has 0 aliphatic carbocycles. The summed E-state index contributed by atoms with van der Waals surface area (Å²) in [5, 5.41) is 8.38. The number of carboxylic acid groups (broad SMARTS) is 1. The molecule has 0 aromatic heterocycles. The normalized spacial score (nSPS) is 10.3. The van der Waals surface area contributed by atoms with Gasteiger partial charge in [0.25, 0.3) is 0 Å². The molecular formula is C23H39NaO2. The first-order chi connectivity index (χ1) is 12.7. The van der Waals surface area contributed by atoms with Gasteiger partial charge in [0.2, 0.25) is 0 Å².